The molecule has 3 aromatic rings. The second-order valence-electron chi connectivity index (χ2n) is 6.71. The Morgan fingerprint density at radius 1 is 0.933 bits per heavy atom. The predicted octanol–water partition coefficient (Wildman–Crippen LogP) is 3.76. The Labute approximate surface area is 176 Å². The van der Waals surface area contributed by atoms with E-state index in [0.29, 0.717) is 17.8 Å². The average molecular weight is 420 g/mol. The van der Waals surface area contributed by atoms with Crippen LogP contribution >= 0.6 is 0 Å². The van der Waals surface area contributed by atoms with Crippen molar-refractivity contribution in [2.75, 3.05) is 16.7 Å². The number of sulfonamides is 1. The van der Waals surface area contributed by atoms with Gasteiger partial charge in [0.15, 0.2) is 0 Å². The lowest BCUT2D eigenvalue weighted by atomic mass is 10.1. The fourth-order valence-electron chi connectivity index (χ4n) is 2.90. The smallest absolute Gasteiger partial charge is 0.264 e. The quantitative estimate of drug-likeness (QED) is 0.631. The molecule has 7 heteroatoms. The molecule has 0 aliphatic carbocycles. The van der Waals surface area contributed by atoms with Crippen molar-refractivity contribution in [3.8, 4) is 6.07 Å². The SMILES string of the molecule is CN(c1ccc(CC(=O)Nc2ccc(CC#N)cc2)cc1)S(=O)(=O)c1ccccc1. The van der Waals surface area contributed by atoms with E-state index in [0.717, 1.165) is 11.1 Å². The van der Waals surface area contributed by atoms with Gasteiger partial charge < -0.3 is 5.32 Å². The number of nitrogens with zero attached hydrogens (tertiary/aromatic N) is 2. The number of carbonyl (C=O) groups is 1. The third-order valence-electron chi connectivity index (χ3n) is 4.59. The van der Waals surface area contributed by atoms with Crippen LogP contribution in [-0.4, -0.2) is 21.4 Å². The average Bonchev–Trinajstić information content (AvgIpc) is 2.76. The Morgan fingerprint density at radius 3 is 2.13 bits per heavy atom. The van der Waals surface area contributed by atoms with Crippen LogP contribution in [0.15, 0.2) is 83.8 Å². The summed E-state index contributed by atoms with van der Waals surface area (Å²) in [6.07, 6.45) is 0.490. The van der Waals surface area contributed by atoms with Gasteiger partial charge in [-0.2, -0.15) is 5.26 Å². The molecule has 6 nitrogen and oxygen atoms in total. The summed E-state index contributed by atoms with van der Waals surface area (Å²) in [5.41, 5.74) is 2.83. The van der Waals surface area contributed by atoms with E-state index in [4.69, 9.17) is 5.26 Å². The van der Waals surface area contributed by atoms with Gasteiger partial charge in [-0.25, -0.2) is 8.42 Å². The normalized spacial score (nSPS) is 10.8. The molecular formula is C23H21N3O3S. The van der Waals surface area contributed by atoms with Gasteiger partial charge in [0.25, 0.3) is 10.0 Å². The number of nitriles is 1. The molecule has 0 saturated heterocycles. The van der Waals surface area contributed by atoms with Crippen molar-refractivity contribution in [2.45, 2.75) is 17.7 Å². The topological polar surface area (TPSA) is 90.3 Å². The molecule has 30 heavy (non-hydrogen) atoms. The summed E-state index contributed by atoms with van der Waals surface area (Å²) >= 11 is 0. The Morgan fingerprint density at radius 2 is 1.53 bits per heavy atom. The number of rotatable bonds is 7. The number of nitrogens with one attached hydrogen (secondary N) is 1. The molecule has 152 valence electrons. The van der Waals surface area contributed by atoms with E-state index in [1.165, 1.54) is 11.4 Å². The van der Waals surface area contributed by atoms with Gasteiger partial charge in [-0.1, -0.05) is 42.5 Å². The van der Waals surface area contributed by atoms with Gasteiger partial charge in [-0.15, -0.1) is 0 Å². The highest BCUT2D eigenvalue weighted by Crippen LogP contribution is 2.22. The van der Waals surface area contributed by atoms with Crippen LogP contribution in [0, 0.1) is 11.3 Å². The molecule has 0 saturated carbocycles. The first-order chi connectivity index (χ1) is 14.4. The molecule has 0 spiro atoms. The van der Waals surface area contributed by atoms with Gasteiger partial charge in [0.05, 0.1) is 29.5 Å². The van der Waals surface area contributed by atoms with Crippen molar-refractivity contribution in [3.05, 3.63) is 90.0 Å². The van der Waals surface area contributed by atoms with Gasteiger partial charge in [0.1, 0.15) is 0 Å². The maximum Gasteiger partial charge on any atom is 0.264 e. The molecule has 0 unspecified atom stereocenters. The summed E-state index contributed by atoms with van der Waals surface area (Å²) in [6.45, 7) is 0. The zero-order valence-corrected chi connectivity index (χ0v) is 17.3. The second-order valence-corrected chi connectivity index (χ2v) is 8.68. The van der Waals surface area contributed by atoms with Gasteiger partial charge in [-0.3, -0.25) is 9.10 Å². The van der Waals surface area contributed by atoms with E-state index >= 15 is 0 Å². The van der Waals surface area contributed by atoms with Crippen LogP contribution in [-0.2, 0) is 27.7 Å². The van der Waals surface area contributed by atoms with Gasteiger partial charge in [0, 0.05) is 12.7 Å². The van der Waals surface area contributed by atoms with Crippen molar-refractivity contribution in [3.63, 3.8) is 0 Å². The summed E-state index contributed by atoms with van der Waals surface area (Å²) in [5.74, 6) is -0.180. The lowest BCUT2D eigenvalue weighted by Gasteiger charge is -2.19. The first-order valence-electron chi connectivity index (χ1n) is 9.29. The number of anilines is 2. The zero-order valence-electron chi connectivity index (χ0n) is 16.4. The minimum absolute atomic E-state index is 0.162. The van der Waals surface area contributed by atoms with Gasteiger partial charge >= 0.3 is 0 Å². The molecule has 1 amide bonds. The van der Waals surface area contributed by atoms with Crippen LogP contribution < -0.4 is 9.62 Å². The Balaban J connectivity index is 1.64. The Hall–Kier alpha value is -3.63. The minimum atomic E-state index is -3.64. The van der Waals surface area contributed by atoms with E-state index in [-0.39, 0.29) is 17.2 Å². The van der Waals surface area contributed by atoms with Crippen molar-refractivity contribution in [2.24, 2.45) is 0 Å². The molecule has 3 rings (SSSR count). The van der Waals surface area contributed by atoms with E-state index in [9.17, 15) is 13.2 Å². The maximum absolute atomic E-state index is 12.7. The van der Waals surface area contributed by atoms with Crippen molar-refractivity contribution in [1.29, 1.82) is 5.26 Å². The Kier molecular flexibility index (Phi) is 6.50. The fraction of sp³-hybridized carbons (Fsp3) is 0.130. The summed E-state index contributed by atoms with van der Waals surface area (Å²) in [5, 5.41) is 11.5. The third kappa shape index (κ3) is 5.04. The van der Waals surface area contributed by atoms with Crippen LogP contribution in [0.4, 0.5) is 11.4 Å². The highest BCUT2D eigenvalue weighted by Gasteiger charge is 2.20. The molecule has 3 aromatic carbocycles. The summed E-state index contributed by atoms with van der Waals surface area (Å²) in [4.78, 5) is 12.5. The monoisotopic (exact) mass is 419 g/mol. The van der Waals surface area contributed by atoms with Crippen LogP contribution in [0.5, 0.6) is 0 Å². The standard InChI is InChI=1S/C23H21N3O3S/c1-26(30(28,29)22-5-3-2-4-6-22)21-13-9-19(10-14-21)17-23(27)25-20-11-7-18(8-12-20)15-16-24/h2-14H,15,17H2,1H3,(H,25,27). The Bertz CT molecular complexity index is 1150. The molecule has 0 aromatic heterocycles. The number of hydrogen-bond donors (Lipinski definition) is 1. The van der Waals surface area contributed by atoms with Crippen molar-refractivity contribution >= 4 is 27.3 Å². The molecule has 0 fully saturated rings. The maximum atomic E-state index is 12.7. The molecule has 0 aliphatic rings. The molecular weight excluding hydrogens is 398 g/mol. The summed E-state index contributed by atoms with van der Waals surface area (Å²) in [7, 11) is -2.14. The van der Waals surface area contributed by atoms with Crippen LogP contribution in [0.1, 0.15) is 11.1 Å². The highest BCUT2D eigenvalue weighted by atomic mass is 32.2. The number of amides is 1. The fourth-order valence-corrected chi connectivity index (χ4v) is 4.12. The number of benzene rings is 3. The van der Waals surface area contributed by atoms with Crippen molar-refractivity contribution < 1.29 is 13.2 Å². The third-order valence-corrected chi connectivity index (χ3v) is 6.39. The van der Waals surface area contributed by atoms with E-state index in [1.807, 2.05) is 0 Å². The predicted molar refractivity (Wildman–Crippen MR) is 117 cm³/mol. The van der Waals surface area contributed by atoms with Crippen LogP contribution in [0.2, 0.25) is 0 Å². The lowest BCUT2D eigenvalue weighted by molar-refractivity contribution is -0.115. The van der Waals surface area contributed by atoms with Gasteiger partial charge in [0.2, 0.25) is 5.91 Å². The zero-order chi connectivity index (χ0) is 21.6. The van der Waals surface area contributed by atoms with Crippen LogP contribution in [0.25, 0.3) is 0 Å². The largest absolute Gasteiger partial charge is 0.326 e. The summed E-state index contributed by atoms with van der Waals surface area (Å²) in [6, 6.07) is 24.3. The highest BCUT2D eigenvalue weighted by molar-refractivity contribution is 7.92. The van der Waals surface area contributed by atoms with Gasteiger partial charge in [-0.05, 0) is 47.5 Å². The molecule has 0 heterocycles. The first-order valence-corrected chi connectivity index (χ1v) is 10.7. The first kappa shape index (κ1) is 21.1. The van der Waals surface area contributed by atoms with E-state index in [1.54, 1.807) is 78.9 Å². The van der Waals surface area contributed by atoms with E-state index in [2.05, 4.69) is 11.4 Å². The minimum Gasteiger partial charge on any atom is -0.326 e. The van der Waals surface area contributed by atoms with E-state index < -0.39 is 10.0 Å². The number of carbonyl (C=O) groups excluding carboxylic acids is 1. The second kappa shape index (κ2) is 9.25. The lowest BCUT2D eigenvalue weighted by Crippen LogP contribution is -2.26. The number of hydrogen-bond acceptors (Lipinski definition) is 4. The molecule has 0 aliphatic heterocycles. The molecule has 1 N–H and O–H groups in total. The molecule has 0 radical (unpaired) electrons. The van der Waals surface area contributed by atoms with Crippen molar-refractivity contribution in [1.82, 2.24) is 0 Å². The molecule has 0 bridgehead atoms. The summed E-state index contributed by atoms with van der Waals surface area (Å²) < 4.78 is 26.6. The molecule has 0 atom stereocenters. The van der Waals surface area contributed by atoms with Crippen LogP contribution in [0.3, 0.4) is 0 Å².